The SMILES string of the molecule is Cc1ccc(C)c(OCC(=O)NC(C)c2nc3ccccc3n2CCCOc2ccc3ccccc3c2)c1. The Morgan fingerprint density at radius 3 is 2.58 bits per heavy atom. The van der Waals surface area contributed by atoms with Gasteiger partial charge in [0.1, 0.15) is 17.3 Å². The fourth-order valence-electron chi connectivity index (χ4n) is 4.68. The fourth-order valence-corrected chi connectivity index (χ4v) is 4.68. The van der Waals surface area contributed by atoms with Crippen LogP contribution >= 0.6 is 0 Å². The van der Waals surface area contributed by atoms with Crippen molar-refractivity contribution in [2.75, 3.05) is 13.2 Å². The van der Waals surface area contributed by atoms with Gasteiger partial charge in [-0.05, 0) is 79.4 Å². The quantitative estimate of drug-likeness (QED) is 0.218. The van der Waals surface area contributed by atoms with Gasteiger partial charge in [0.2, 0.25) is 0 Å². The van der Waals surface area contributed by atoms with Crippen LogP contribution in [-0.4, -0.2) is 28.7 Å². The Balaban J connectivity index is 1.22. The number of nitrogens with one attached hydrogen (secondary N) is 1. The van der Waals surface area contributed by atoms with Crippen molar-refractivity contribution in [3.8, 4) is 11.5 Å². The minimum Gasteiger partial charge on any atom is -0.494 e. The maximum atomic E-state index is 12.7. The monoisotopic (exact) mass is 507 g/mol. The molecule has 0 aliphatic heterocycles. The summed E-state index contributed by atoms with van der Waals surface area (Å²) in [6.45, 7) is 7.19. The third-order valence-electron chi connectivity index (χ3n) is 6.67. The number of benzene rings is 4. The molecule has 5 aromatic rings. The van der Waals surface area contributed by atoms with Crippen LogP contribution in [0.4, 0.5) is 0 Å². The van der Waals surface area contributed by atoms with Gasteiger partial charge < -0.3 is 19.4 Å². The van der Waals surface area contributed by atoms with E-state index in [2.05, 4.69) is 40.2 Å². The highest BCUT2D eigenvalue weighted by Crippen LogP contribution is 2.23. The van der Waals surface area contributed by atoms with E-state index in [1.807, 2.05) is 75.4 Å². The van der Waals surface area contributed by atoms with Gasteiger partial charge in [-0.2, -0.15) is 0 Å². The van der Waals surface area contributed by atoms with Crippen molar-refractivity contribution in [2.24, 2.45) is 0 Å². The number of fused-ring (bicyclic) bond motifs is 2. The number of imidazole rings is 1. The van der Waals surface area contributed by atoms with Crippen molar-refractivity contribution in [3.05, 3.63) is 102 Å². The molecule has 0 saturated heterocycles. The Hall–Kier alpha value is -4.32. The number of nitrogens with zero attached hydrogens (tertiary/aromatic N) is 2. The van der Waals surface area contributed by atoms with Crippen LogP contribution in [0.3, 0.4) is 0 Å². The van der Waals surface area contributed by atoms with Crippen LogP contribution in [0.2, 0.25) is 0 Å². The molecule has 5 rings (SSSR count). The van der Waals surface area contributed by atoms with Gasteiger partial charge in [0.25, 0.3) is 5.91 Å². The molecule has 0 aliphatic rings. The molecule has 1 heterocycles. The second-order valence-electron chi connectivity index (χ2n) is 9.67. The first-order chi connectivity index (χ1) is 18.5. The molecule has 38 heavy (non-hydrogen) atoms. The summed E-state index contributed by atoms with van der Waals surface area (Å²) in [7, 11) is 0. The molecule has 6 nitrogen and oxygen atoms in total. The number of hydrogen-bond acceptors (Lipinski definition) is 4. The van der Waals surface area contributed by atoms with E-state index in [4.69, 9.17) is 14.5 Å². The normalized spacial score (nSPS) is 12.0. The third kappa shape index (κ3) is 5.80. The highest BCUT2D eigenvalue weighted by Gasteiger charge is 2.19. The van der Waals surface area contributed by atoms with Crippen molar-refractivity contribution in [2.45, 2.75) is 39.8 Å². The number of carbonyl (C=O) groups is 1. The summed E-state index contributed by atoms with van der Waals surface area (Å²) in [6.07, 6.45) is 0.802. The van der Waals surface area contributed by atoms with E-state index in [1.54, 1.807) is 0 Å². The molecule has 1 atom stereocenters. The molecule has 0 spiro atoms. The fraction of sp³-hybridized carbons (Fsp3) is 0.250. The average Bonchev–Trinajstić information content (AvgIpc) is 3.30. The molecule has 0 radical (unpaired) electrons. The molecule has 1 amide bonds. The second-order valence-corrected chi connectivity index (χ2v) is 9.67. The van der Waals surface area contributed by atoms with Crippen LogP contribution in [0.15, 0.2) is 84.9 Å². The summed E-state index contributed by atoms with van der Waals surface area (Å²) in [4.78, 5) is 17.6. The van der Waals surface area contributed by atoms with Crippen molar-refractivity contribution < 1.29 is 14.3 Å². The largest absolute Gasteiger partial charge is 0.494 e. The molecular formula is C32H33N3O3. The summed E-state index contributed by atoms with van der Waals surface area (Å²) >= 11 is 0. The summed E-state index contributed by atoms with van der Waals surface area (Å²) in [5.41, 5.74) is 4.05. The van der Waals surface area contributed by atoms with Gasteiger partial charge in [0, 0.05) is 6.54 Å². The number of para-hydroxylation sites is 2. The Kier molecular flexibility index (Phi) is 7.59. The van der Waals surface area contributed by atoms with Crippen molar-refractivity contribution in [1.29, 1.82) is 0 Å². The zero-order valence-corrected chi connectivity index (χ0v) is 22.1. The minimum absolute atomic E-state index is 0.0472. The van der Waals surface area contributed by atoms with Gasteiger partial charge in [-0.1, -0.05) is 54.6 Å². The van der Waals surface area contributed by atoms with Crippen molar-refractivity contribution in [1.82, 2.24) is 14.9 Å². The van der Waals surface area contributed by atoms with Crippen LogP contribution in [0.5, 0.6) is 11.5 Å². The molecular weight excluding hydrogens is 474 g/mol. The average molecular weight is 508 g/mol. The van der Waals surface area contributed by atoms with Gasteiger partial charge in [-0.3, -0.25) is 4.79 Å². The first-order valence-corrected chi connectivity index (χ1v) is 13.0. The van der Waals surface area contributed by atoms with Crippen LogP contribution < -0.4 is 14.8 Å². The predicted octanol–water partition coefficient (Wildman–Crippen LogP) is 6.53. The number of amides is 1. The van der Waals surface area contributed by atoms with E-state index in [9.17, 15) is 4.79 Å². The number of rotatable bonds is 10. The van der Waals surface area contributed by atoms with Crippen LogP contribution in [-0.2, 0) is 11.3 Å². The molecule has 0 bridgehead atoms. The lowest BCUT2D eigenvalue weighted by Crippen LogP contribution is -2.32. The summed E-state index contributed by atoms with van der Waals surface area (Å²) in [5, 5.41) is 5.42. The van der Waals surface area contributed by atoms with Crippen LogP contribution in [0, 0.1) is 13.8 Å². The molecule has 0 saturated carbocycles. The number of carbonyl (C=O) groups excluding carboxylic acids is 1. The Morgan fingerprint density at radius 1 is 0.921 bits per heavy atom. The second kappa shape index (κ2) is 11.4. The number of aromatic nitrogens is 2. The van der Waals surface area contributed by atoms with Crippen LogP contribution in [0.1, 0.15) is 36.3 Å². The van der Waals surface area contributed by atoms with E-state index in [0.29, 0.717) is 6.61 Å². The van der Waals surface area contributed by atoms with Crippen molar-refractivity contribution >= 4 is 27.7 Å². The number of ether oxygens (including phenoxy) is 2. The third-order valence-corrected chi connectivity index (χ3v) is 6.67. The summed E-state index contributed by atoms with van der Waals surface area (Å²) in [6, 6.07) is 28.2. The highest BCUT2D eigenvalue weighted by atomic mass is 16.5. The van der Waals surface area contributed by atoms with Gasteiger partial charge in [0.05, 0.1) is 23.7 Å². The van der Waals surface area contributed by atoms with E-state index in [1.165, 1.54) is 10.8 Å². The Bertz CT molecular complexity index is 1570. The molecule has 0 aliphatic carbocycles. The lowest BCUT2D eigenvalue weighted by Gasteiger charge is -2.17. The molecule has 4 aromatic carbocycles. The minimum atomic E-state index is -0.279. The lowest BCUT2D eigenvalue weighted by molar-refractivity contribution is -0.123. The maximum absolute atomic E-state index is 12.7. The first kappa shape index (κ1) is 25.3. The lowest BCUT2D eigenvalue weighted by atomic mass is 10.1. The standard InChI is InChI=1S/C32H33N3O3/c1-22-13-14-23(2)30(19-22)38-21-31(36)33-24(3)32-34-28-11-6-7-12-29(28)35(32)17-8-18-37-27-16-15-25-9-4-5-10-26(25)20-27/h4-7,9-16,19-20,24H,8,17-18,21H2,1-3H3,(H,33,36). The smallest absolute Gasteiger partial charge is 0.258 e. The number of hydrogen-bond donors (Lipinski definition) is 1. The Labute approximate surface area is 223 Å². The van der Waals surface area contributed by atoms with Crippen LogP contribution in [0.25, 0.3) is 21.8 Å². The first-order valence-electron chi connectivity index (χ1n) is 13.0. The van der Waals surface area contributed by atoms with E-state index < -0.39 is 0 Å². The zero-order valence-electron chi connectivity index (χ0n) is 22.1. The molecule has 194 valence electrons. The van der Waals surface area contributed by atoms with Gasteiger partial charge in [-0.25, -0.2) is 4.98 Å². The predicted molar refractivity (Wildman–Crippen MR) is 152 cm³/mol. The van der Waals surface area contributed by atoms with Gasteiger partial charge in [0.15, 0.2) is 6.61 Å². The van der Waals surface area contributed by atoms with E-state index in [0.717, 1.165) is 52.4 Å². The molecule has 1 aromatic heterocycles. The summed E-state index contributed by atoms with van der Waals surface area (Å²) in [5.74, 6) is 2.23. The molecule has 1 N–H and O–H groups in total. The van der Waals surface area contributed by atoms with Gasteiger partial charge in [-0.15, -0.1) is 0 Å². The Morgan fingerprint density at radius 2 is 1.71 bits per heavy atom. The number of aryl methyl sites for hydroxylation is 3. The van der Waals surface area contributed by atoms with E-state index >= 15 is 0 Å². The maximum Gasteiger partial charge on any atom is 0.258 e. The zero-order chi connectivity index (χ0) is 26.5. The van der Waals surface area contributed by atoms with Crippen molar-refractivity contribution in [3.63, 3.8) is 0 Å². The van der Waals surface area contributed by atoms with Gasteiger partial charge >= 0.3 is 0 Å². The summed E-state index contributed by atoms with van der Waals surface area (Å²) < 4.78 is 14.0. The topological polar surface area (TPSA) is 65.4 Å². The highest BCUT2D eigenvalue weighted by molar-refractivity contribution is 5.83. The van der Waals surface area contributed by atoms with E-state index in [-0.39, 0.29) is 18.6 Å². The molecule has 0 fully saturated rings. The molecule has 6 heteroatoms. The molecule has 1 unspecified atom stereocenters.